The molecule has 1 amide bonds. The van der Waals surface area contributed by atoms with Crippen LogP contribution in [0.3, 0.4) is 0 Å². The quantitative estimate of drug-likeness (QED) is 0.294. The predicted molar refractivity (Wildman–Crippen MR) is 147 cm³/mol. The molecule has 1 aliphatic heterocycles. The van der Waals surface area contributed by atoms with E-state index in [2.05, 4.69) is 21.6 Å². The van der Waals surface area contributed by atoms with Crippen molar-refractivity contribution in [1.29, 1.82) is 5.26 Å². The summed E-state index contributed by atoms with van der Waals surface area (Å²) < 4.78 is 6.32. The maximum Gasteiger partial charge on any atom is 0.226 e. The molecule has 0 radical (unpaired) electrons. The lowest BCUT2D eigenvalue weighted by Crippen LogP contribution is -2.42. The first kappa shape index (κ1) is 25.8. The lowest BCUT2D eigenvalue weighted by molar-refractivity contribution is -0.121. The minimum Gasteiger partial charge on any atom is -0.471 e. The molecule has 0 fully saturated rings. The second kappa shape index (κ2) is 10.1. The number of nitrogens with one attached hydrogen (secondary N) is 2. The number of carbonyl (C=O) groups excluding carboxylic acids is 1. The average molecular weight is 546 g/mol. The molecule has 2 aromatic carbocycles. The summed E-state index contributed by atoms with van der Waals surface area (Å²) in [6, 6.07) is 16.3. The number of pyridine rings is 1. The van der Waals surface area contributed by atoms with Crippen molar-refractivity contribution >= 4 is 29.1 Å². The van der Waals surface area contributed by atoms with Gasteiger partial charge in [0.2, 0.25) is 11.8 Å². The van der Waals surface area contributed by atoms with Crippen LogP contribution >= 0.6 is 23.2 Å². The van der Waals surface area contributed by atoms with E-state index in [4.69, 9.17) is 32.9 Å². The molecule has 38 heavy (non-hydrogen) atoms. The molecule has 1 aliphatic rings. The van der Waals surface area contributed by atoms with Crippen LogP contribution in [0.4, 0.5) is 0 Å². The number of aryl methyl sites for hydroxylation is 1. The van der Waals surface area contributed by atoms with Crippen LogP contribution in [0.25, 0.3) is 22.4 Å². The van der Waals surface area contributed by atoms with E-state index >= 15 is 0 Å². The third kappa shape index (κ3) is 5.24. The van der Waals surface area contributed by atoms with Crippen LogP contribution in [0.1, 0.15) is 48.7 Å². The van der Waals surface area contributed by atoms with Gasteiger partial charge in [-0.25, -0.2) is 4.98 Å². The Morgan fingerprint density at radius 1 is 1.18 bits per heavy atom. The van der Waals surface area contributed by atoms with Crippen LogP contribution in [-0.2, 0) is 11.2 Å². The molecular formula is C29H25Cl2N5O2. The van der Waals surface area contributed by atoms with Gasteiger partial charge in [0.25, 0.3) is 0 Å². The third-order valence-corrected chi connectivity index (χ3v) is 7.14. The molecule has 1 atom stereocenters. The number of aromatic amines is 1. The van der Waals surface area contributed by atoms with Gasteiger partial charge in [0.1, 0.15) is 5.60 Å². The Hall–Kier alpha value is -3.86. The number of nitrogens with zero attached hydrogens (tertiary/aromatic N) is 3. The van der Waals surface area contributed by atoms with E-state index in [0.29, 0.717) is 39.2 Å². The Morgan fingerprint density at radius 2 is 1.95 bits per heavy atom. The van der Waals surface area contributed by atoms with E-state index in [1.165, 1.54) is 0 Å². The molecule has 4 aromatic rings. The highest BCUT2D eigenvalue weighted by Gasteiger charge is 2.37. The van der Waals surface area contributed by atoms with E-state index < -0.39 is 5.60 Å². The van der Waals surface area contributed by atoms with Crippen LogP contribution in [0.5, 0.6) is 5.88 Å². The zero-order chi connectivity index (χ0) is 27.0. The minimum absolute atomic E-state index is 0.127. The number of H-pyrrole nitrogens is 1. The van der Waals surface area contributed by atoms with Gasteiger partial charge in [-0.2, -0.15) is 10.4 Å². The number of carbonyl (C=O) groups is 1. The maximum absolute atomic E-state index is 13.1. The normalized spacial score (nSPS) is 15.7. The number of hydrogen-bond donors (Lipinski definition) is 2. The number of amides is 1. The zero-order valence-electron chi connectivity index (χ0n) is 21.1. The number of fused-ring (bicyclic) bond motifs is 1. The van der Waals surface area contributed by atoms with Crippen molar-refractivity contribution in [2.45, 2.75) is 45.3 Å². The Morgan fingerprint density at radius 3 is 2.61 bits per heavy atom. The highest BCUT2D eigenvalue weighted by molar-refractivity contribution is 6.33. The van der Waals surface area contributed by atoms with Gasteiger partial charge in [0, 0.05) is 33.8 Å². The van der Waals surface area contributed by atoms with Crippen molar-refractivity contribution in [3.8, 4) is 34.3 Å². The van der Waals surface area contributed by atoms with Crippen LogP contribution < -0.4 is 10.1 Å². The Kier molecular flexibility index (Phi) is 6.87. The molecule has 2 N–H and O–H groups in total. The maximum atomic E-state index is 13.1. The van der Waals surface area contributed by atoms with Gasteiger partial charge >= 0.3 is 0 Å². The fourth-order valence-electron chi connectivity index (χ4n) is 4.67. The van der Waals surface area contributed by atoms with Gasteiger partial charge in [0.05, 0.1) is 41.0 Å². The molecule has 7 nitrogen and oxygen atoms in total. The third-order valence-electron chi connectivity index (χ3n) is 6.57. The number of benzene rings is 2. The summed E-state index contributed by atoms with van der Waals surface area (Å²) in [5, 5.41) is 20.4. The summed E-state index contributed by atoms with van der Waals surface area (Å²) in [5.41, 5.74) is 5.33. The molecule has 3 heterocycles. The standard InChI is InChI=1S/C29H25Cl2N5O2/c1-16-15-33-36-24(16)12-26(37)34-25-13-29(2,3)38-28-22(25)11-21(18-5-7-19(30)8-6-18)27(35-28)20-9-4-17(14-32)10-23(20)31/h4-11,15,25H,12-13H2,1-3H3,(H,33,36)(H,34,37)/t25-/m1/s1. The Balaban J connectivity index is 1.62. The summed E-state index contributed by atoms with van der Waals surface area (Å²) in [5.74, 6) is 0.302. The molecule has 0 aliphatic carbocycles. The number of aromatic nitrogens is 3. The molecule has 0 saturated carbocycles. The van der Waals surface area contributed by atoms with E-state index in [9.17, 15) is 10.1 Å². The number of rotatable bonds is 5. The van der Waals surface area contributed by atoms with Crippen LogP contribution in [-0.4, -0.2) is 26.7 Å². The second-order valence-corrected chi connectivity index (χ2v) is 10.8. The van der Waals surface area contributed by atoms with Crippen LogP contribution in [0, 0.1) is 18.3 Å². The van der Waals surface area contributed by atoms with Crippen molar-refractivity contribution in [3.05, 3.63) is 87.2 Å². The Bertz CT molecular complexity index is 1570. The van der Waals surface area contributed by atoms with Gasteiger partial charge in [-0.15, -0.1) is 0 Å². The topological polar surface area (TPSA) is 104 Å². The minimum atomic E-state index is -0.574. The highest BCUT2D eigenvalue weighted by atomic mass is 35.5. The predicted octanol–water partition coefficient (Wildman–Crippen LogP) is 6.59. The molecule has 192 valence electrons. The zero-order valence-corrected chi connectivity index (χ0v) is 22.6. The molecule has 0 saturated heterocycles. The SMILES string of the molecule is Cc1cn[nH]c1CC(=O)N[C@@H]1CC(C)(C)Oc2nc(-c3ccc(C#N)cc3Cl)c(-c3ccc(Cl)cc3)cc21. The molecule has 0 unspecified atom stereocenters. The fourth-order valence-corrected chi connectivity index (χ4v) is 5.06. The van der Waals surface area contributed by atoms with Gasteiger partial charge in [-0.1, -0.05) is 35.3 Å². The number of nitriles is 1. The monoisotopic (exact) mass is 545 g/mol. The second-order valence-electron chi connectivity index (χ2n) is 9.99. The molecular weight excluding hydrogens is 521 g/mol. The van der Waals surface area contributed by atoms with Gasteiger partial charge in [-0.05, 0) is 68.3 Å². The molecule has 5 rings (SSSR count). The molecule has 2 aromatic heterocycles. The Labute approximate surface area is 230 Å². The summed E-state index contributed by atoms with van der Waals surface area (Å²) >= 11 is 12.8. The summed E-state index contributed by atoms with van der Waals surface area (Å²) in [4.78, 5) is 18.0. The van der Waals surface area contributed by atoms with Crippen molar-refractivity contribution in [1.82, 2.24) is 20.5 Å². The van der Waals surface area contributed by atoms with E-state index in [1.54, 1.807) is 24.4 Å². The van der Waals surface area contributed by atoms with Crippen LogP contribution in [0.15, 0.2) is 54.7 Å². The van der Waals surface area contributed by atoms with Crippen molar-refractivity contribution in [3.63, 3.8) is 0 Å². The van der Waals surface area contributed by atoms with Crippen molar-refractivity contribution in [2.75, 3.05) is 0 Å². The summed E-state index contributed by atoms with van der Waals surface area (Å²) in [6.45, 7) is 5.85. The summed E-state index contributed by atoms with van der Waals surface area (Å²) in [7, 11) is 0. The van der Waals surface area contributed by atoms with Crippen molar-refractivity contribution in [2.24, 2.45) is 0 Å². The molecule has 0 spiro atoms. The van der Waals surface area contributed by atoms with E-state index in [-0.39, 0.29) is 18.4 Å². The lowest BCUT2D eigenvalue weighted by atomic mass is 9.88. The first-order valence-electron chi connectivity index (χ1n) is 12.1. The fraction of sp³-hybridized carbons (Fsp3) is 0.241. The highest BCUT2D eigenvalue weighted by Crippen LogP contribution is 2.44. The summed E-state index contributed by atoms with van der Waals surface area (Å²) in [6.07, 6.45) is 2.45. The van der Waals surface area contributed by atoms with Crippen LogP contribution in [0.2, 0.25) is 10.0 Å². The average Bonchev–Trinajstić information content (AvgIpc) is 3.27. The molecule has 0 bridgehead atoms. The molecule has 9 heteroatoms. The first-order valence-corrected chi connectivity index (χ1v) is 12.9. The van der Waals surface area contributed by atoms with E-state index in [0.717, 1.165) is 27.9 Å². The lowest BCUT2D eigenvalue weighted by Gasteiger charge is -2.37. The van der Waals surface area contributed by atoms with Gasteiger partial charge in [0.15, 0.2) is 0 Å². The van der Waals surface area contributed by atoms with Gasteiger partial charge in [-0.3, -0.25) is 9.89 Å². The number of hydrogen-bond acceptors (Lipinski definition) is 5. The first-order chi connectivity index (χ1) is 18.1. The van der Waals surface area contributed by atoms with Gasteiger partial charge < -0.3 is 10.1 Å². The number of halogens is 2. The largest absolute Gasteiger partial charge is 0.471 e. The smallest absolute Gasteiger partial charge is 0.226 e. The number of ether oxygens (including phenoxy) is 1. The van der Waals surface area contributed by atoms with E-state index in [1.807, 2.05) is 51.1 Å². The van der Waals surface area contributed by atoms with Crippen molar-refractivity contribution < 1.29 is 9.53 Å².